The molecular weight excluding hydrogens is 261 g/mol. The summed E-state index contributed by atoms with van der Waals surface area (Å²) >= 11 is 0. The van der Waals surface area contributed by atoms with E-state index in [9.17, 15) is 18.0 Å². The molecule has 0 atom stereocenters. The van der Waals surface area contributed by atoms with Gasteiger partial charge in [0.1, 0.15) is 11.3 Å². The van der Waals surface area contributed by atoms with Gasteiger partial charge in [-0.15, -0.1) is 0 Å². The molecule has 0 aliphatic heterocycles. The summed E-state index contributed by atoms with van der Waals surface area (Å²) in [5.74, 6) is -2.13. The van der Waals surface area contributed by atoms with Crippen molar-refractivity contribution in [2.45, 2.75) is 6.18 Å². The molecule has 19 heavy (non-hydrogen) atoms. The van der Waals surface area contributed by atoms with Gasteiger partial charge in [-0.1, -0.05) is 17.0 Å². The number of anilines is 1. The minimum absolute atomic E-state index is 0.0544. The monoisotopic (exact) mass is 269 g/mol. The summed E-state index contributed by atoms with van der Waals surface area (Å²) in [6.07, 6.45) is -4.97. The van der Waals surface area contributed by atoms with Gasteiger partial charge in [0.05, 0.1) is 0 Å². The number of carbonyl (C=O) groups is 1. The second kappa shape index (κ2) is 4.65. The van der Waals surface area contributed by atoms with E-state index in [4.69, 9.17) is 4.42 Å². The minimum atomic E-state index is -4.97. The van der Waals surface area contributed by atoms with Gasteiger partial charge in [0.2, 0.25) is 0 Å². The third-order valence-electron chi connectivity index (χ3n) is 2.30. The quantitative estimate of drug-likeness (QED) is 0.863. The molecule has 4 nitrogen and oxygen atoms in total. The van der Waals surface area contributed by atoms with Crippen LogP contribution in [-0.4, -0.2) is 19.1 Å². The van der Waals surface area contributed by atoms with Crippen LogP contribution in [0.2, 0.25) is 0 Å². The summed E-state index contributed by atoms with van der Waals surface area (Å²) < 4.78 is 42.1. The summed E-state index contributed by atoms with van der Waals surface area (Å²) in [6.45, 7) is 0. The van der Waals surface area contributed by atoms with Crippen molar-refractivity contribution in [3.05, 3.63) is 34.9 Å². The van der Waals surface area contributed by atoms with E-state index in [1.54, 1.807) is 23.5 Å². The van der Waals surface area contributed by atoms with Crippen LogP contribution in [0.5, 0.6) is 0 Å². The molecule has 0 aliphatic carbocycles. The van der Waals surface area contributed by atoms with Crippen molar-refractivity contribution in [1.82, 2.24) is 0 Å². The van der Waals surface area contributed by atoms with E-state index in [0.717, 1.165) is 0 Å². The number of furan rings is 1. The van der Waals surface area contributed by atoms with Crippen LogP contribution in [0.1, 0.15) is 5.76 Å². The van der Waals surface area contributed by atoms with Gasteiger partial charge in [0, 0.05) is 5.39 Å². The Morgan fingerprint density at radius 1 is 1.37 bits per heavy atom. The predicted octanol–water partition coefficient (Wildman–Crippen LogP) is 3.24. The first-order chi connectivity index (χ1) is 8.93. The second-order valence-electron chi connectivity index (χ2n) is 3.59. The highest BCUT2D eigenvalue weighted by atomic mass is 19.4. The molecule has 0 unspecified atom stereocenters. The molecule has 1 aromatic carbocycles. The Kier molecular flexibility index (Phi) is 3.17. The molecule has 0 saturated carbocycles. The number of halogens is 3. The molecule has 1 N–H and O–H groups in total. The third kappa shape index (κ3) is 2.52. The Labute approximate surface area is 105 Å². The van der Waals surface area contributed by atoms with Crippen molar-refractivity contribution in [2.24, 2.45) is 0 Å². The van der Waals surface area contributed by atoms with E-state index < -0.39 is 12.1 Å². The van der Waals surface area contributed by atoms with Crippen LogP contribution in [0.25, 0.3) is 15.8 Å². The highest BCUT2D eigenvalue weighted by Crippen LogP contribution is 2.31. The molecule has 2 aromatic rings. The summed E-state index contributed by atoms with van der Waals surface area (Å²) in [6, 6.07) is 8.78. The number of fused-ring (bicyclic) bond motifs is 1. The standard InChI is InChI=1S/C12H7F3N2O2/c1-16-6-9-10(17-11(18)12(13,14)15)7-4-2-3-5-8(7)19-9/h2-5H,1H3/p+1. The number of nitrogens with zero attached hydrogens (tertiary/aromatic N) is 1. The van der Waals surface area contributed by atoms with Crippen LogP contribution in [0.4, 0.5) is 18.9 Å². The van der Waals surface area contributed by atoms with Crippen LogP contribution in [-0.2, 0) is 4.79 Å². The fourth-order valence-electron chi connectivity index (χ4n) is 1.53. The van der Waals surface area contributed by atoms with Crippen LogP contribution < -0.4 is 5.32 Å². The maximum absolute atomic E-state index is 12.3. The van der Waals surface area contributed by atoms with E-state index in [2.05, 4.69) is 10.9 Å². The molecule has 0 fully saturated rings. The Bertz CT molecular complexity index is 692. The Morgan fingerprint density at radius 2 is 2.05 bits per heavy atom. The number of alkyl halides is 3. The zero-order chi connectivity index (χ0) is 14.0. The highest BCUT2D eigenvalue weighted by molar-refractivity contribution is 6.04. The molecule has 1 aromatic heterocycles. The summed E-state index contributed by atoms with van der Waals surface area (Å²) in [5.41, 5.74) is 0.245. The third-order valence-corrected chi connectivity index (χ3v) is 2.30. The predicted molar refractivity (Wildman–Crippen MR) is 63.2 cm³/mol. The second-order valence-corrected chi connectivity index (χ2v) is 3.59. The number of hydrogen-bond acceptors (Lipinski definition) is 2. The number of hydrogen-bond donors (Lipinski definition) is 1. The van der Waals surface area contributed by atoms with Crippen molar-refractivity contribution < 1.29 is 22.4 Å². The SMILES string of the molecule is C[N+]#Cc1oc2ccccc2c1NC(=O)C(F)(F)F. The number of benzene rings is 1. The zero-order valence-corrected chi connectivity index (χ0v) is 9.71. The summed E-state index contributed by atoms with van der Waals surface area (Å²) in [7, 11) is 1.39. The largest absolute Gasteiger partial charge is 0.471 e. The first-order valence-electron chi connectivity index (χ1n) is 5.18. The zero-order valence-electron chi connectivity index (χ0n) is 9.71. The maximum atomic E-state index is 12.3. The first kappa shape index (κ1) is 13.0. The van der Waals surface area contributed by atoms with Gasteiger partial charge in [-0.05, 0) is 12.1 Å². The van der Waals surface area contributed by atoms with Crippen molar-refractivity contribution in [2.75, 3.05) is 12.4 Å². The van der Waals surface area contributed by atoms with E-state index in [-0.39, 0.29) is 11.4 Å². The highest BCUT2D eigenvalue weighted by Gasteiger charge is 2.39. The van der Waals surface area contributed by atoms with E-state index in [1.807, 2.05) is 0 Å². The molecule has 7 heteroatoms. The van der Waals surface area contributed by atoms with E-state index in [1.165, 1.54) is 13.1 Å². The van der Waals surface area contributed by atoms with Crippen LogP contribution in [0.15, 0.2) is 28.7 Å². The average molecular weight is 269 g/mol. The number of para-hydroxylation sites is 1. The van der Waals surface area contributed by atoms with Gasteiger partial charge >= 0.3 is 18.2 Å². The van der Waals surface area contributed by atoms with Crippen molar-refractivity contribution in [3.8, 4) is 6.07 Å². The minimum Gasteiger partial charge on any atom is -0.440 e. The number of nitrogens with one attached hydrogen (secondary N) is 1. The summed E-state index contributed by atoms with van der Waals surface area (Å²) in [4.78, 5) is 14.6. The van der Waals surface area contributed by atoms with Crippen LogP contribution in [0.3, 0.4) is 0 Å². The van der Waals surface area contributed by atoms with Crippen molar-refractivity contribution in [1.29, 1.82) is 0 Å². The molecule has 1 heterocycles. The molecular formula is C12H8F3N2O2+. The lowest BCUT2D eigenvalue weighted by Gasteiger charge is -2.05. The van der Waals surface area contributed by atoms with Gasteiger partial charge in [0.25, 0.3) is 12.8 Å². The average Bonchev–Trinajstić information content (AvgIpc) is 2.67. The van der Waals surface area contributed by atoms with Crippen LogP contribution in [0, 0.1) is 6.07 Å². The molecule has 0 spiro atoms. The van der Waals surface area contributed by atoms with Gasteiger partial charge < -0.3 is 9.73 Å². The molecule has 0 aliphatic rings. The van der Waals surface area contributed by atoms with Crippen molar-refractivity contribution >= 4 is 22.6 Å². The summed E-state index contributed by atoms with van der Waals surface area (Å²) in [5, 5.41) is 2.13. The van der Waals surface area contributed by atoms with Crippen LogP contribution >= 0.6 is 0 Å². The lowest BCUT2D eigenvalue weighted by Crippen LogP contribution is -2.30. The Hall–Kier alpha value is -2.49. The van der Waals surface area contributed by atoms with Crippen molar-refractivity contribution in [3.63, 3.8) is 0 Å². The molecule has 0 bridgehead atoms. The molecule has 98 valence electrons. The smallest absolute Gasteiger partial charge is 0.440 e. The van der Waals surface area contributed by atoms with E-state index >= 15 is 0 Å². The number of carbonyl (C=O) groups excluding carboxylic acids is 1. The fourth-order valence-corrected chi connectivity index (χ4v) is 1.53. The molecule has 0 radical (unpaired) electrons. The lowest BCUT2D eigenvalue weighted by molar-refractivity contribution is -0.167. The number of rotatable bonds is 1. The fraction of sp³-hybridized carbons (Fsp3) is 0.167. The normalized spacial score (nSPS) is 10.9. The first-order valence-corrected chi connectivity index (χ1v) is 5.18. The topological polar surface area (TPSA) is 46.6 Å². The Morgan fingerprint density at radius 3 is 2.68 bits per heavy atom. The molecule has 2 rings (SSSR count). The van der Waals surface area contributed by atoms with Gasteiger partial charge in [-0.25, -0.2) is 0 Å². The molecule has 1 amide bonds. The maximum Gasteiger partial charge on any atom is 0.471 e. The molecule has 0 saturated heterocycles. The Balaban J connectivity index is 2.53. The van der Waals surface area contributed by atoms with Gasteiger partial charge in [-0.3, -0.25) is 4.79 Å². The lowest BCUT2D eigenvalue weighted by atomic mass is 10.2. The van der Waals surface area contributed by atoms with E-state index in [0.29, 0.717) is 11.0 Å². The van der Waals surface area contributed by atoms with Gasteiger partial charge in [-0.2, -0.15) is 13.2 Å². The van der Waals surface area contributed by atoms with Gasteiger partial charge in [0.15, 0.2) is 0 Å². The number of amides is 1.